The third-order valence-corrected chi connectivity index (χ3v) is 6.33. The number of rotatable bonds is 6. The second kappa shape index (κ2) is 7.23. The van der Waals surface area contributed by atoms with E-state index in [0.717, 1.165) is 5.69 Å². The molecule has 0 aliphatic carbocycles. The lowest BCUT2D eigenvalue weighted by Gasteiger charge is -2.21. The smallest absolute Gasteiger partial charge is 0.0799 e. The molecule has 0 saturated carbocycles. The molecule has 118 valence electrons. The molecule has 0 spiro atoms. The highest BCUT2D eigenvalue weighted by atomic mass is 28.3. The van der Waals surface area contributed by atoms with Gasteiger partial charge >= 0.3 is 0 Å². The Morgan fingerprint density at radius 1 is 1.05 bits per heavy atom. The summed E-state index contributed by atoms with van der Waals surface area (Å²) >= 11 is 0. The number of pyridine rings is 1. The van der Waals surface area contributed by atoms with E-state index in [1.54, 1.807) is 0 Å². The molecule has 0 saturated heterocycles. The second-order valence-corrected chi connectivity index (χ2v) is 12.3. The van der Waals surface area contributed by atoms with E-state index in [4.69, 9.17) is 4.98 Å². The van der Waals surface area contributed by atoms with E-state index in [9.17, 15) is 0 Å². The molecule has 0 N–H and O–H groups in total. The molecule has 1 nitrogen and oxygen atoms in total. The van der Waals surface area contributed by atoms with Crippen molar-refractivity contribution in [3.05, 3.63) is 47.7 Å². The van der Waals surface area contributed by atoms with Gasteiger partial charge in [-0.1, -0.05) is 63.7 Å². The lowest BCUT2D eigenvalue weighted by molar-refractivity contribution is 0.718. The van der Waals surface area contributed by atoms with Crippen LogP contribution >= 0.6 is 0 Å². The molecule has 2 rings (SSSR count). The fourth-order valence-corrected chi connectivity index (χ4v) is 4.56. The van der Waals surface area contributed by atoms with Crippen LogP contribution in [-0.4, -0.2) is 13.1 Å². The first-order valence-electron chi connectivity index (χ1n) is 8.49. The molecular formula is C20H29NSi. The maximum absolute atomic E-state index is 4.80. The number of nitrogens with zero attached hydrogens (tertiary/aromatic N) is 1. The van der Waals surface area contributed by atoms with Gasteiger partial charge in [0, 0.05) is 11.8 Å². The summed E-state index contributed by atoms with van der Waals surface area (Å²) in [7, 11) is -1.34. The average molecular weight is 312 g/mol. The molecule has 0 atom stereocenters. The second-order valence-electron chi connectivity index (χ2n) is 7.25. The van der Waals surface area contributed by atoms with E-state index in [1.807, 2.05) is 0 Å². The van der Waals surface area contributed by atoms with Gasteiger partial charge in [0.1, 0.15) is 0 Å². The van der Waals surface area contributed by atoms with Crippen molar-refractivity contribution < 1.29 is 0 Å². The summed E-state index contributed by atoms with van der Waals surface area (Å²) in [5.41, 5.74) is 5.23. The third kappa shape index (κ3) is 4.07. The standard InChI is InChI=1S/C20H29NSi/c1-6-7-8-12-17-14-19(18-13-10-9-11-16(18)2)21-15-20(17)22(3,4)5/h9-11,13-15H,6-8,12H2,1-5H3. The summed E-state index contributed by atoms with van der Waals surface area (Å²) in [6.45, 7) is 11.7. The first-order chi connectivity index (χ1) is 10.4. The lowest BCUT2D eigenvalue weighted by atomic mass is 10.0. The normalized spacial score (nSPS) is 11.7. The van der Waals surface area contributed by atoms with Gasteiger partial charge in [-0.3, -0.25) is 4.98 Å². The number of aromatic nitrogens is 1. The van der Waals surface area contributed by atoms with Crippen molar-refractivity contribution >= 4 is 13.3 Å². The first-order valence-corrected chi connectivity index (χ1v) is 12.0. The molecule has 2 aromatic rings. The Morgan fingerprint density at radius 2 is 1.77 bits per heavy atom. The van der Waals surface area contributed by atoms with Gasteiger partial charge in [0.05, 0.1) is 13.8 Å². The van der Waals surface area contributed by atoms with E-state index in [-0.39, 0.29) is 0 Å². The molecule has 2 heteroatoms. The van der Waals surface area contributed by atoms with Crippen LogP contribution in [0.5, 0.6) is 0 Å². The molecule has 0 aliphatic heterocycles. The highest BCUT2D eigenvalue weighted by Gasteiger charge is 2.21. The highest BCUT2D eigenvalue weighted by molar-refractivity contribution is 6.89. The average Bonchev–Trinajstić information content (AvgIpc) is 2.47. The Labute approximate surface area is 136 Å². The number of aryl methyl sites for hydroxylation is 2. The van der Waals surface area contributed by atoms with Crippen LogP contribution in [0.2, 0.25) is 19.6 Å². The summed E-state index contributed by atoms with van der Waals surface area (Å²) < 4.78 is 0. The van der Waals surface area contributed by atoms with Gasteiger partial charge in [0.25, 0.3) is 0 Å². The molecule has 0 bridgehead atoms. The molecule has 1 heterocycles. The van der Waals surface area contributed by atoms with Crippen LogP contribution in [0, 0.1) is 6.92 Å². The number of hydrogen-bond donors (Lipinski definition) is 0. The molecule has 0 radical (unpaired) electrons. The van der Waals surface area contributed by atoms with Gasteiger partial charge in [0.2, 0.25) is 0 Å². The van der Waals surface area contributed by atoms with Gasteiger partial charge in [-0.05, 0) is 42.1 Å². The van der Waals surface area contributed by atoms with Crippen LogP contribution in [0.25, 0.3) is 11.3 Å². The Morgan fingerprint density at radius 3 is 2.41 bits per heavy atom. The van der Waals surface area contributed by atoms with Crippen molar-refractivity contribution in [2.75, 3.05) is 0 Å². The summed E-state index contributed by atoms with van der Waals surface area (Å²) in [4.78, 5) is 4.80. The summed E-state index contributed by atoms with van der Waals surface area (Å²) in [6, 6.07) is 10.9. The summed E-state index contributed by atoms with van der Waals surface area (Å²) in [6.07, 6.45) is 7.22. The number of benzene rings is 1. The third-order valence-electron chi connectivity index (χ3n) is 4.27. The Bertz CT molecular complexity index is 626. The minimum absolute atomic E-state index is 1.13. The molecule has 22 heavy (non-hydrogen) atoms. The Hall–Kier alpha value is -1.41. The molecule has 0 fully saturated rings. The van der Waals surface area contributed by atoms with Crippen LogP contribution in [-0.2, 0) is 6.42 Å². The van der Waals surface area contributed by atoms with Gasteiger partial charge in [-0.25, -0.2) is 0 Å². The van der Waals surface area contributed by atoms with Crippen molar-refractivity contribution in [3.8, 4) is 11.3 Å². The van der Waals surface area contributed by atoms with E-state index in [1.165, 1.54) is 47.6 Å². The van der Waals surface area contributed by atoms with Gasteiger partial charge in [-0.15, -0.1) is 0 Å². The first kappa shape index (κ1) is 16.9. The Balaban J connectivity index is 2.42. The minimum atomic E-state index is -1.34. The summed E-state index contributed by atoms with van der Waals surface area (Å²) in [5, 5.41) is 1.53. The van der Waals surface area contributed by atoms with Crippen LogP contribution < -0.4 is 5.19 Å². The fraction of sp³-hybridized carbons (Fsp3) is 0.450. The molecule has 1 aromatic heterocycles. The minimum Gasteiger partial charge on any atom is -0.256 e. The van der Waals surface area contributed by atoms with E-state index in [0.29, 0.717) is 0 Å². The van der Waals surface area contributed by atoms with E-state index in [2.05, 4.69) is 70.0 Å². The SMILES string of the molecule is CCCCCc1cc(-c2ccccc2C)ncc1[Si](C)(C)C. The molecule has 0 amide bonds. The van der Waals surface area contributed by atoms with Crippen LogP contribution in [0.1, 0.15) is 37.3 Å². The van der Waals surface area contributed by atoms with Crippen molar-refractivity contribution in [1.82, 2.24) is 4.98 Å². The van der Waals surface area contributed by atoms with Crippen LogP contribution in [0.3, 0.4) is 0 Å². The van der Waals surface area contributed by atoms with E-state index < -0.39 is 8.07 Å². The van der Waals surface area contributed by atoms with Crippen molar-refractivity contribution in [1.29, 1.82) is 0 Å². The number of unbranched alkanes of at least 4 members (excludes halogenated alkanes) is 2. The predicted molar refractivity (Wildman–Crippen MR) is 101 cm³/mol. The number of hydrogen-bond acceptors (Lipinski definition) is 1. The zero-order valence-electron chi connectivity index (χ0n) is 14.7. The van der Waals surface area contributed by atoms with Gasteiger partial charge in [-0.2, -0.15) is 0 Å². The van der Waals surface area contributed by atoms with Crippen molar-refractivity contribution in [3.63, 3.8) is 0 Å². The largest absolute Gasteiger partial charge is 0.256 e. The quantitative estimate of drug-likeness (QED) is 0.518. The topological polar surface area (TPSA) is 12.9 Å². The summed E-state index contributed by atoms with van der Waals surface area (Å²) in [5.74, 6) is 0. The molecule has 0 aliphatic rings. The van der Waals surface area contributed by atoms with Crippen LogP contribution in [0.15, 0.2) is 36.5 Å². The maximum atomic E-state index is 4.80. The van der Waals surface area contributed by atoms with Gasteiger partial charge < -0.3 is 0 Å². The maximum Gasteiger partial charge on any atom is 0.0799 e. The molecule has 0 unspecified atom stereocenters. The monoisotopic (exact) mass is 311 g/mol. The Kier molecular flexibility index (Phi) is 5.57. The van der Waals surface area contributed by atoms with Crippen molar-refractivity contribution in [2.24, 2.45) is 0 Å². The van der Waals surface area contributed by atoms with Crippen LogP contribution in [0.4, 0.5) is 0 Å². The van der Waals surface area contributed by atoms with E-state index >= 15 is 0 Å². The predicted octanol–water partition coefficient (Wildman–Crippen LogP) is 5.33. The zero-order valence-corrected chi connectivity index (χ0v) is 15.7. The highest BCUT2D eigenvalue weighted by Crippen LogP contribution is 2.23. The zero-order chi connectivity index (χ0) is 16.2. The molecule has 1 aromatic carbocycles. The molecular weight excluding hydrogens is 282 g/mol. The fourth-order valence-electron chi connectivity index (χ4n) is 2.95. The van der Waals surface area contributed by atoms with Crippen molar-refractivity contribution in [2.45, 2.75) is 59.2 Å². The van der Waals surface area contributed by atoms with Gasteiger partial charge in [0.15, 0.2) is 0 Å². The lowest BCUT2D eigenvalue weighted by Crippen LogP contribution is -2.40.